The van der Waals surface area contributed by atoms with Crippen LogP contribution in [0.5, 0.6) is 0 Å². The summed E-state index contributed by atoms with van der Waals surface area (Å²) in [4.78, 5) is 1.98. The number of nitrogens with one attached hydrogen (secondary N) is 1. The summed E-state index contributed by atoms with van der Waals surface area (Å²) in [6, 6.07) is 9.32. The lowest BCUT2D eigenvalue weighted by molar-refractivity contribution is 0.204. The number of hydrogen-bond acceptors (Lipinski definition) is 5. The molecule has 0 spiro atoms. The van der Waals surface area contributed by atoms with E-state index >= 15 is 0 Å². The summed E-state index contributed by atoms with van der Waals surface area (Å²) in [5, 5.41) is 9.19. The van der Waals surface area contributed by atoms with E-state index in [0.717, 1.165) is 31.6 Å². The van der Waals surface area contributed by atoms with Crippen LogP contribution in [0.3, 0.4) is 0 Å². The first-order valence-electron chi connectivity index (χ1n) is 8.43. The smallest absolute Gasteiger partial charge is 0.250 e. The Morgan fingerprint density at radius 1 is 1.24 bits per heavy atom. The molecule has 1 aromatic rings. The Bertz CT molecular complexity index is 685. The van der Waals surface area contributed by atoms with Crippen molar-refractivity contribution in [1.29, 1.82) is 5.26 Å². The van der Waals surface area contributed by atoms with Gasteiger partial charge in [0.05, 0.1) is 6.61 Å². The maximum Gasteiger partial charge on any atom is 0.250 e. The Balaban J connectivity index is 2.96. The van der Waals surface area contributed by atoms with Gasteiger partial charge in [-0.1, -0.05) is 26.0 Å². The molecule has 0 bridgehead atoms. The Labute approximate surface area is 151 Å². The van der Waals surface area contributed by atoms with Gasteiger partial charge in [0.2, 0.25) is 0 Å². The molecule has 0 atom stereocenters. The molecule has 1 aromatic carbocycles. The molecule has 0 amide bonds. The van der Waals surface area contributed by atoms with Gasteiger partial charge in [0.1, 0.15) is 6.07 Å². The van der Waals surface area contributed by atoms with Crippen molar-refractivity contribution in [2.24, 2.45) is 0 Å². The molecule has 7 heteroatoms. The van der Waals surface area contributed by atoms with Crippen LogP contribution >= 0.6 is 0 Å². The molecule has 0 aromatic heterocycles. The molecule has 1 rings (SSSR count). The number of hydrogen-bond donors (Lipinski definition) is 1. The summed E-state index contributed by atoms with van der Waals surface area (Å²) >= 11 is 0. The molecule has 0 aliphatic rings. The molecule has 0 aliphatic carbocycles. The molecule has 1 N–H and O–H groups in total. The highest BCUT2D eigenvalue weighted by molar-refractivity contribution is 7.93. The predicted octanol–water partition coefficient (Wildman–Crippen LogP) is 2.74. The quantitative estimate of drug-likeness (QED) is 0.482. The van der Waals surface area contributed by atoms with Crippen LogP contribution in [0, 0.1) is 11.3 Å². The zero-order chi connectivity index (χ0) is 18.7. The number of benzene rings is 1. The van der Waals surface area contributed by atoms with Crippen LogP contribution in [0.25, 0.3) is 6.08 Å². The molecule has 0 unspecified atom stereocenters. The molecule has 0 saturated carbocycles. The van der Waals surface area contributed by atoms with Gasteiger partial charge in [-0.05, 0) is 36.6 Å². The summed E-state index contributed by atoms with van der Waals surface area (Å²) in [7, 11) is -2.34. The molecule has 0 heterocycles. The minimum Gasteiger partial charge on any atom is -0.383 e. The van der Waals surface area contributed by atoms with E-state index in [0.29, 0.717) is 5.56 Å². The van der Waals surface area contributed by atoms with Gasteiger partial charge in [0, 0.05) is 32.4 Å². The maximum absolute atomic E-state index is 12.1. The average molecular weight is 365 g/mol. The average Bonchev–Trinajstić information content (AvgIpc) is 2.60. The van der Waals surface area contributed by atoms with Gasteiger partial charge in [-0.25, -0.2) is 13.1 Å². The van der Waals surface area contributed by atoms with Crippen LogP contribution < -0.4 is 9.62 Å². The second-order valence-electron chi connectivity index (χ2n) is 5.59. The molecule has 138 valence electrons. The Morgan fingerprint density at radius 3 is 2.32 bits per heavy atom. The van der Waals surface area contributed by atoms with Crippen molar-refractivity contribution < 1.29 is 13.2 Å². The van der Waals surface area contributed by atoms with E-state index in [2.05, 4.69) is 23.5 Å². The van der Waals surface area contributed by atoms with E-state index < -0.39 is 10.0 Å². The third-order valence-electron chi connectivity index (χ3n) is 3.54. The zero-order valence-electron chi connectivity index (χ0n) is 15.2. The summed E-state index contributed by atoms with van der Waals surface area (Å²) in [6.07, 6.45) is 3.50. The number of sulfonamides is 1. The second kappa shape index (κ2) is 10.9. The number of ether oxygens (including phenoxy) is 1. The van der Waals surface area contributed by atoms with E-state index in [1.165, 1.54) is 13.2 Å². The monoisotopic (exact) mass is 365 g/mol. The van der Waals surface area contributed by atoms with Gasteiger partial charge < -0.3 is 9.64 Å². The van der Waals surface area contributed by atoms with Crippen molar-refractivity contribution in [1.82, 2.24) is 4.72 Å². The van der Waals surface area contributed by atoms with Crippen molar-refractivity contribution in [3.8, 4) is 6.07 Å². The standard InChI is InChI=1S/C18H27N3O3S/c1-4-11-21(12-5-2)17-8-6-16(7-9-17)14-18(15-19)25(22,23)20-10-13-24-3/h6-9,14,20H,4-5,10-13H2,1-3H3/b18-14+. The minimum atomic E-state index is -3.83. The lowest BCUT2D eigenvalue weighted by Gasteiger charge is -2.23. The first-order chi connectivity index (χ1) is 12.0. The number of nitriles is 1. The van der Waals surface area contributed by atoms with Gasteiger partial charge in [-0.15, -0.1) is 0 Å². The molecule has 0 saturated heterocycles. The van der Waals surface area contributed by atoms with Crippen molar-refractivity contribution in [3.63, 3.8) is 0 Å². The number of allylic oxidation sites excluding steroid dienone is 1. The van der Waals surface area contributed by atoms with Crippen LogP contribution in [0.4, 0.5) is 5.69 Å². The van der Waals surface area contributed by atoms with Crippen LogP contribution in [0.1, 0.15) is 32.3 Å². The van der Waals surface area contributed by atoms with Crippen molar-refractivity contribution in [2.75, 3.05) is 38.3 Å². The van der Waals surface area contributed by atoms with Gasteiger partial charge >= 0.3 is 0 Å². The Kier molecular flexibility index (Phi) is 9.21. The number of methoxy groups -OCH3 is 1. The largest absolute Gasteiger partial charge is 0.383 e. The highest BCUT2D eigenvalue weighted by Crippen LogP contribution is 2.18. The highest BCUT2D eigenvalue weighted by Gasteiger charge is 2.16. The van der Waals surface area contributed by atoms with Gasteiger partial charge in [-0.3, -0.25) is 0 Å². The lowest BCUT2D eigenvalue weighted by Crippen LogP contribution is -2.27. The summed E-state index contributed by atoms with van der Waals surface area (Å²) in [5.74, 6) is 0. The summed E-state index contributed by atoms with van der Waals surface area (Å²) < 4.78 is 31.4. The first-order valence-corrected chi connectivity index (χ1v) is 9.92. The lowest BCUT2D eigenvalue weighted by atomic mass is 10.1. The molecule has 0 fully saturated rings. The van der Waals surface area contributed by atoms with Crippen LogP contribution in [-0.2, 0) is 14.8 Å². The van der Waals surface area contributed by atoms with E-state index in [1.807, 2.05) is 24.3 Å². The van der Waals surface area contributed by atoms with E-state index in [9.17, 15) is 13.7 Å². The van der Waals surface area contributed by atoms with Crippen molar-refractivity contribution in [3.05, 3.63) is 34.7 Å². The number of rotatable bonds is 11. The second-order valence-corrected chi connectivity index (χ2v) is 7.32. The molecule has 6 nitrogen and oxygen atoms in total. The first kappa shape index (κ1) is 21.2. The summed E-state index contributed by atoms with van der Waals surface area (Å²) in [5.41, 5.74) is 1.77. The van der Waals surface area contributed by atoms with Gasteiger partial charge in [0.25, 0.3) is 10.0 Å². The van der Waals surface area contributed by atoms with E-state index in [1.54, 1.807) is 6.07 Å². The predicted molar refractivity (Wildman–Crippen MR) is 102 cm³/mol. The van der Waals surface area contributed by atoms with Crippen LogP contribution in [0.2, 0.25) is 0 Å². The normalized spacial score (nSPS) is 12.0. The zero-order valence-corrected chi connectivity index (χ0v) is 16.0. The Hall–Kier alpha value is -1.88. The fraction of sp³-hybridized carbons (Fsp3) is 0.500. The molecule has 0 aliphatic heterocycles. The van der Waals surface area contributed by atoms with E-state index in [4.69, 9.17) is 4.74 Å². The maximum atomic E-state index is 12.1. The number of anilines is 1. The van der Waals surface area contributed by atoms with Gasteiger partial charge in [0.15, 0.2) is 4.91 Å². The van der Waals surface area contributed by atoms with Crippen molar-refractivity contribution in [2.45, 2.75) is 26.7 Å². The molecular weight excluding hydrogens is 338 g/mol. The summed E-state index contributed by atoms with van der Waals surface area (Å²) in [6.45, 7) is 6.60. The molecular formula is C18H27N3O3S. The van der Waals surface area contributed by atoms with Crippen LogP contribution in [-0.4, -0.2) is 41.8 Å². The third kappa shape index (κ3) is 6.86. The minimum absolute atomic E-state index is 0.125. The van der Waals surface area contributed by atoms with E-state index in [-0.39, 0.29) is 18.1 Å². The Morgan fingerprint density at radius 2 is 1.84 bits per heavy atom. The third-order valence-corrected chi connectivity index (χ3v) is 4.91. The highest BCUT2D eigenvalue weighted by atomic mass is 32.2. The number of nitrogens with zero attached hydrogens (tertiary/aromatic N) is 2. The topological polar surface area (TPSA) is 82.4 Å². The molecule has 25 heavy (non-hydrogen) atoms. The fourth-order valence-electron chi connectivity index (χ4n) is 2.37. The van der Waals surface area contributed by atoms with Crippen LogP contribution in [0.15, 0.2) is 29.2 Å². The fourth-order valence-corrected chi connectivity index (χ4v) is 3.29. The van der Waals surface area contributed by atoms with Gasteiger partial charge in [-0.2, -0.15) is 5.26 Å². The molecule has 0 radical (unpaired) electrons. The van der Waals surface area contributed by atoms with Crippen molar-refractivity contribution >= 4 is 21.8 Å². The SMILES string of the molecule is CCCN(CCC)c1ccc(/C=C(\C#N)S(=O)(=O)NCCOC)cc1.